The molecule has 7 nitrogen and oxygen atoms in total. The predicted molar refractivity (Wildman–Crippen MR) is 80.8 cm³/mol. The van der Waals surface area contributed by atoms with E-state index < -0.39 is 0 Å². The van der Waals surface area contributed by atoms with Crippen LogP contribution >= 0.6 is 11.8 Å². The first-order valence-electron chi connectivity index (χ1n) is 7.17. The first-order chi connectivity index (χ1) is 10.2. The number of aryl methyl sites for hydroxylation is 1. The van der Waals surface area contributed by atoms with E-state index in [4.69, 9.17) is 0 Å². The van der Waals surface area contributed by atoms with Gasteiger partial charge < -0.3 is 5.32 Å². The van der Waals surface area contributed by atoms with Crippen LogP contribution in [0.5, 0.6) is 0 Å². The van der Waals surface area contributed by atoms with Crippen molar-refractivity contribution >= 4 is 17.6 Å². The third-order valence-electron chi connectivity index (χ3n) is 3.20. The zero-order valence-electron chi connectivity index (χ0n) is 12.1. The highest BCUT2D eigenvalue weighted by atomic mass is 32.2. The first-order valence-corrected chi connectivity index (χ1v) is 7.99. The van der Waals surface area contributed by atoms with Crippen molar-refractivity contribution in [3.8, 4) is 0 Å². The molecule has 2 aromatic heterocycles. The SMILES string of the molecule is CCNc1cc(Sc2n[nH]c(=O)n2C2CC2)nc(CC)n1. The maximum Gasteiger partial charge on any atom is 0.344 e. The number of rotatable bonds is 6. The van der Waals surface area contributed by atoms with Crippen LogP contribution in [0.2, 0.25) is 0 Å². The van der Waals surface area contributed by atoms with Crippen molar-refractivity contribution in [1.29, 1.82) is 0 Å². The summed E-state index contributed by atoms with van der Waals surface area (Å²) in [7, 11) is 0. The molecule has 1 aliphatic rings. The summed E-state index contributed by atoms with van der Waals surface area (Å²) in [5.74, 6) is 1.59. The smallest absolute Gasteiger partial charge is 0.344 e. The zero-order chi connectivity index (χ0) is 14.8. The van der Waals surface area contributed by atoms with E-state index in [0.29, 0.717) is 11.2 Å². The van der Waals surface area contributed by atoms with E-state index in [1.807, 2.05) is 19.9 Å². The van der Waals surface area contributed by atoms with Crippen LogP contribution in [0.3, 0.4) is 0 Å². The quantitative estimate of drug-likeness (QED) is 0.792. The number of aromatic amines is 1. The van der Waals surface area contributed by atoms with Gasteiger partial charge in [0.2, 0.25) is 0 Å². The topological polar surface area (TPSA) is 88.5 Å². The van der Waals surface area contributed by atoms with E-state index in [1.54, 1.807) is 4.57 Å². The number of H-pyrrole nitrogens is 1. The fourth-order valence-electron chi connectivity index (χ4n) is 2.07. The average molecular weight is 306 g/mol. The number of nitrogens with zero attached hydrogens (tertiary/aromatic N) is 4. The molecule has 3 rings (SSSR count). The minimum atomic E-state index is -0.142. The summed E-state index contributed by atoms with van der Waals surface area (Å²) in [6.45, 7) is 4.85. The highest BCUT2D eigenvalue weighted by molar-refractivity contribution is 7.99. The van der Waals surface area contributed by atoms with Gasteiger partial charge in [-0.25, -0.2) is 19.9 Å². The second kappa shape index (κ2) is 5.88. The molecule has 21 heavy (non-hydrogen) atoms. The van der Waals surface area contributed by atoms with Gasteiger partial charge in [-0.2, -0.15) is 0 Å². The van der Waals surface area contributed by atoms with Crippen LogP contribution in [0.4, 0.5) is 5.82 Å². The van der Waals surface area contributed by atoms with Crippen LogP contribution in [0, 0.1) is 0 Å². The molecule has 0 amide bonds. The maximum absolute atomic E-state index is 11.8. The van der Waals surface area contributed by atoms with E-state index in [9.17, 15) is 4.79 Å². The standard InChI is InChI=1S/C13H18N6OS/c1-3-9-15-10(14-4-2)7-11(16-9)21-13-18-17-12(20)19(13)8-5-6-8/h7-8H,3-6H2,1-2H3,(H,17,20)(H,14,15,16). The van der Waals surface area contributed by atoms with Crippen molar-refractivity contribution in [2.24, 2.45) is 0 Å². The fourth-order valence-corrected chi connectivity index (χ4v) is 3.00. The van der Waals surface area contributed by atoms with Crippen LogP contribution < -0.4 is 11.0 Å². The van der Waals surface area contributed by atoms with Crippen LogP contribution in [0.15, 0.2) is 21.0 Å². The van der Waals surface area contributed by atoms with Gasteiger partial charge in [-0.05, 0) is 31.5 Å². The minimum absolute atomic E-state index is 0.142. The Morgan fingerprint density at radius 2 is 2.24 bits per heavy atom. The Kier molecular flexibility index (Phi) is 3.96. The normalized spacial score (nSPS) is 14.4. The molecule has 1 aliphatic carbocycles. The van der Waals surface area contributed by atoms with E-state index in [0.717, 1.165) is 42.5 Å². The van der Waals surface area contributed by atoms with Crippen LogP contribution in [-0.2, 0) is 6.42 Å². The molecule has 0 atom stereocenters. The lowest BCUT2D eigenvalue weighted by atomic mass is 10.4. The Morgan fingerprint density at radius 3 is 2.90 bits per heavy atom. The molecule has 0 unspecified atom stereocenters. The summed E-state index contributed by atoms with van der Waals surface area (Å²) in [5, 5.41) is 11.3. The summed E-state index contributed by atoms with van der Waals surface area (Å²) in [4.78, 5) is 20.7. The summed E-state index contributed by atoms with van der Waals surface area (Å²) >= 11 is 1.40. The summed E-state index contributed by atoms with van der Waals surface area (Å²) in [6, 6.07) is 2.18. The van der Waals surface area contributed by atoms with E-state index in [-0.39, 0.29) is 5.69 Å². The molecule has 8 heteroatoms. The van der Waals surface area contributed by atoms with Crippen molar-refractivity contribution in [2.45, 2.75) is 49.3 Å². The van der Waals surface area contributed by atoms with Gasteiger partial charge in [-0.1, -0.05) is 6.92 Å². The molecule has 0 bridgehead atoms. The average Bonchev–Trinajstić information content (AvgIpc) is 3.24. The number of hydrogen-bond acceptors (Lipinski definition) is 6. The molecule has 0 saturated heterocycles. The highest BCUT2D eigenvalue weighted by Gasteiger charge is 2.29. The summed E-state index contributed by atoms with van der Waals surface area (Å²) in [6.07, 6.45) is 2.85. The Balaban J connectivity index is 1.90. The lowest BCUT2D eigenvalue weighted by molar-refractivity contribution is 0.642. The van der Waals surface area contributed by atoms with Crippen molar-refractivity contribution in [1.82, 2.24) is 24.7 Å². The molecule has 0 aliphatic heterocycles. The lowest BCUT2D eigenvalue weighted by Gasteiger charge is -2.08. The second-order valence-corrected chi connectivity index (χ2v) is 5.89. The molecule has 2 N–H and O–H groups in total. The van der Waals surface area contributed by atoms with Gasteiger partial charge in [-0.15, -0.1) is 5.10 Å². The third-order valence-corrected chi connectivity index (χ3v) is 4.09. The molecule has 2 aromatic rings. The molecular weight excluding hydrogens is 288 g/mol. The fraction of sp³-hybridized carbons (Fsp3) is 0.538. The zero-order valence-corrected chi connectivity index (χ0v) is 12.9. The second-order valence-electron chi connectivity index (χ2n) is 4.91. The van der Waals surface area contributed by atoms with Gasteiger partial charge in [0.15, 0.2) is 5.16 Å². The van der Waals surface area contributed by atoms with Gasteiger partial charge in [0.1, 0.15) is 16.7 Å². The van der Waals surface area contributed by atoms with Gasteiger partial charge in [0.05, 0.1) is 0 Å². The largest absolute Gasteiger partial charge is 0.370 e. The van der Waals surface area contributed by atoms with E-state index in [2.05, 4.69) is 25.5 Å². The summed E-state index contributed by atoms with van der Waals surface area (Å²) < 4.78 is 1.73. The molecule has 2 heterocycles. The van der Waals surface area contributed by atoms with Crippen molar-refractivity contribution < 1.29 is 0 Å². The number of aromatic nitrogens is 5. The van der Waals surface area contributed by atoms with Crippen molar-refractivity contribution in [2.75, 3.05) is 11.9 Å². The van der Waals surface area contributed by atoms with Gasteiger partial charge >= 0.3 is 5.69 Å². The minimum Gasteiger partial charge on any atom is -0.370 e. The Labute approximate surface area is 126 Å². The highest BCUT2D eigenvalue weighted by Crippen LogP contribution is 2.37. The maximum atomic E-state index is 11.8. The molecule has 112 valence electrons. The Morgan fingerprint density at radius 1 is 1.43 bits per heavy atom. The van der Waals surface area contributed by atoms with Gasteiger partial charge in [0.25, 0.3) is 0 Å². The number of nitrogens with one attached hydrogen (secondary N) is 2. The van der Waals surface area contributed by atoms with Crippen LogP contribution in [-0.4, -0.2) is 31.3 Å². The lowest BCUT2D eigenvalue weighted by Crippen LogP contribution is -2.16. The third kappa shape index (κ3) is 3.10. The van der Waals surface area contributed by atoms with Gasteiger partial charge in [0, 0.05) is 25.1 Å². The van der Waals surface area contributed by atoms with Crippen LogP contribution in [0.25, 0.3) is 0 Å². The summed E-state index contributed by atoms with van der Waals surface area (Å²) in [5.41, 5.74) is -0.142. The van der Waals surface area contributed by atoms with E-state index in [1.165, 1.54) is 11.8 Å². The first kappa shape index (κ1) is 14.1. The number of anilines is 1. The molecule has 1 fully saturated rings. The van der Waals surface area contributed by atoms with Crippen molar-refractivity contribution in [3.63, 3.8) is 0 Å². The molecule has 0 aromatic carbocycles. The van der Waals surface area contributed by atoms with Crippen molar-refractivity contribution in [3.05, 3.63) is 22.4 Å². The molecular formula is C13H18N6OS. The van der Waals surface area contributed by atoms with E-state index >= 15 is 0 Å². The molecule has 0 radical (unpaired) electrons. The monoisotopic (exact) mass is 306 g/mol. The Bertz CT molecular complexity index is 690. The van der Waals surface area contributed by atoms with Gasteiger partial charge in [-0.3, -0.25) is 4.57 Å². The Hall–Kier alpha value is -1.83. The molecule has 1 saturated carbocycles. The number of hydrogen-bond donors (Lipinski definition) is 2. The predicted octanol–water partition coefficient (Wildman–Crippen LogP) is 1.84. The molecule has 0 spiro atoms. The van der Waals surface area contributed by atoms with Crippen LogP contribution in [0.1, 0.15) is 38.6 Å².